The minimum Gasteiger partial charge on any atom is -0.174 e. The van der Waals surface area contributed by atoms with Crippen LogP contribution in [-0.4, -0.2) is 41.1 Å². The van der Waals surface area contributed by atoms with Gasteiger partial charge in [-0.3, -0.25) is 0 Å². The van der Waals surface area contributed by atoms with Gasteiger partial charge in [-0.1, -0.05) is 0 Å². The van der Waals surface area contributed by atoms with Crippen molar-refractivity contribution in [2.24, 2.45) is 0 Å². The number of hydrogen-bond donors (Lipinski definition) is 0. The van der Waals surface area contributed by atoms with Crippen molar-refractivity contribution in [3.63, 3.8) is 0 Å². The molecule has 0 unspecified atom stereocenters. The number of rotatable bonds is 3. The Kier molecular flexibility index (Phi) is 8.03. The van der Waals surface area contributed by atoms with Crippen molar-refractivity contribution in [1.82, 2.24) is 9.97 Å². The molecule has 0 N–H and O–H groups in total. The Hall–Kier alpha value is -0.601. The number of aromatic nitrogens is 2. The fraction of sp³-hybridized carbons (Fsp3) is 0.733. The molecule has 1 aromatic rings. The summed E-state index contributed by atoms with van der Waals surface area (Å²) in [5, 5.41) is 0. The molecule has 1 aromatic heterocycles. The van der Waals surface area contributed by atoms with Crippen LogP contribution in [0.5, 0.6) is 5.88 Å². The van der Waals surface area contributed by atoms with Gasteiger partial charge in [0.15, 0.2) is 0 Å². The van der Waals surface area contributed by atoms with Crippen molar-refractivity contribution in [1.29, 1.82) is 0 Å². The molecule has 1 saturated carbocycles. The molecule has 0 amide bonds. The van der Waals surface area contributed by atoms with Crippen LogP contribution in [0.4, 0.5) is 17.6 Å². The van der Waals surface area contributed by atoms with E-state index in [0.29, 0.717) is 9.53 Å². The second kappa shape index (κ2) is 9.03. The van der Waals surface area contributed by atoms with E-state index in [1.165, 1.54) is 19.3 Å². The molecule has 0 saturated heterocycles. The Morgan fingerprint density at radius 1 is 1.04 bits per heavy atom. The third-order valence-electron chi connectivity index (χ3n) is 3.47. The first-order valence-electron chi connectivity index (χ1n) is 7.74. The van der Waals surface area contributed by atoms with Crippen LogP contribution in [0.1, 0.15) is 37.9 Å². The van der Waals surface area contributed by atoms with Crippen LogP contribution in [0, 0.1) is 12.7 Å². The minimum atomic E-state index is -3.67. The Labute approximate surface area is 138 Å². The van der Waals surface area contributed by atoms with E-state index in [-0.39, 0.29) is 17.8 Å². The second-order valence-electron chi connectivity index (χ2n) is 6.61. The quantitative estimate of drug-likeness (QED) is 0.515. The summed E-state index contributed by atoms with van der Waals surface area (Å²) in [6.45, 7) is -1.85. The Balaban J connectivity index is 0.000000593. The zero-order valence-electron chi connectivity index (χ0n) is 14.0. The van der Waals surface area contributed by atoms with E-state index in [9.17, 15) is 17.6 Å². The van der Waals surface area contributed by atoms with Gasteiger partial charge in [0, 0.05) is 0 Å². The summed E-state index contributed by atoms with van der Waals surface area (Å²) in [7, 11) is 0. The predicted molar refractivity (Wildman–Crippen MR) is 84.3 cm³/mol. The summed E-state index contributed by atoms with van der Waals surface area (Å²) in [6, 6.07) is 0. The Morgan fingerprint density at radius 3 is 2.04 bits per heavy atom. The molecule has 132 valence electrons. The molecule has 0 spiro atoms. The van der Waals surface area contributed by atoms with Gasteiger partial charge in [0.2, 0.25) is 0 Å². The van der Waals surface area contributed by atoms with Crippen LogP contribution in [-0.2, 0) is 0 Å². The molecule has 0 aromatic carbocycles. The van der Waals surface area contributed by atoms with Crippen molar-refractivity contribution in [3.8, 4) is 5.88 Å². The summed E-state index contributed by atoms with van der Waals surface area (Å²) in [5.41, 5.74) is 0. The van der Waals surface area contributed by atoms with E-state index in [2.05, 4.69) is 24.8 Å². The number of aryl methyl sites for hydroxylation is 1. The summed E-state index contributed by atoms with van der Waals surface area (Å²) >= 11 is -2.56. The van der Waals surface area contributed by atoms with Gasteiger partial charge < -0.3 is 0 Å². The topological polar surface area (TPSA) is 35.0 Å². The molecule has 0 aliphatic heterocycles. The first kappa shape index (κ1) is 20.4. The molecule has 0 atom stereocenters. The predicted octanol–water partition coefficient (Wildman–Crippen LogP) is 4.36. The number of alkyl halides is 3. The van der Waals surface area contributed by atoms with Crippen LogP contribution < -0.4 is 8.45 Å². The fourth-order valence-corrected chi connectivity index (χ4v) is 6.05. The van der Waals surface area contributed by atoms with E-state index >= 15 is 0 Å². The van der Waals surface area contributed by atoms with E-state index in [1.54, 1.807) is 0 Å². The van der Waals surface area contributed by atoms with Gasteiger partial charge in [-0.2, -0.15) is 13.2 Å². The molecular formula is C15H24F4N2OSn. The average molecular weight is 443 g/mol. The van der Waals surface area contributed by atoms with Crippen molar-refractivity contribution in [3.05, 3.63) is 11.6 Å². The number of halogens is 4. The maximum absolute atomic E-state index is 14.5. The maximum atomic E-state index is 14.5. The normalized spacial score (nSPS) is 16.0. The third kappa shape index (κ3) is 7.22. The molecule has 23 heavy (non-hydrogen) atoms. The van der Waals surface area contributed by atoms with E-state index in [0.717, 1.165) is 12.8 Å². The van der Waals surface area contributed by atoms with Gasteiger partial charge >= 0.3 is 125 Å². The van der Waals surface area contributed by atoms with E-state index < -0.39 is 25.1 Å². The smallest absolute Gasteiger partial charge is 0.174 e. The molecule has 1 heterocycles. The van der Waals surface area contributed by atoms with Gasteiger partial charge in [0.05, 0.1) is 0 Å². The summed E-state index contributed by atoms with van der Waals surface area (Å²) in [4.78, 5) is 15.0. The first-order valence-corrected chi connectivity index (χ1v) is 17.7. The SMILES string of the molecule is Cc1nc(OC2CCCCC2)c(F)[c]([Sn]([CH3])([CH3])[CH3])n1.FC(F)F. The fourth-order valence-electron chi connectivity index (χ4n) is 2.45. The van der Waals surface area contributed by atoms with E-state index in [4.69, 9.17) is 4.74 Å². The standard InChI is InChI=1S/C11H14FN2O.CHF3.3CH3.Sn/c1-8-13-7-10(12)11(14-8)15-9-5-3-2-4-6-9;2-1(3)4;;;;/h9H,2-6H2,1H3;1H;3*1H3;. The monoisotopic (exact) mass is 444 g/mol. The second-order valence-corrected chi connectivity index (χ2v) is 20.8. The summed E-state index contributed by atoms with van der Waals surface area (Å²) in [6.07, 6.45) is 5.74. The van der Waals surface area contributed by atoms with Gasteiger partial charge in [-0.25, -0.2) is 0 Å². The third-order valence-corrected chi connectivity index (χ3v) is 8.47. The maximum Gasteiger partial charge on any atom is 0.379 e. The Morgan fingerprint density at radius 2 is 1.57 bits per heavy atom. The van der Waals surface area contributed by atoms with Crippen LogP contribution in [0.25, 0.3) is 0 Å². The molecule has 2 rings (SSSR count). The zero-order valence-corrected chi connectivity index (χ0v) is 16.9. The average Bonchev–Trinajstić information content (AvgIpc) is 2.42. The van der Waals surface area contributed by atoms with Crippen LogP contribution in [0.3, 0.4) is 0 Å². The molecule has 1 fully saturated rings. The van der Waals surface area contributed by atoms with Gasteiger partial charge in [-0.15, -0.1) is 0 Å². The molecular weight excluding hydrogens is 419 g/mol. The van der Waals surface area contributed by atoms with Gasteiger partial charge in [0.25, 0.3) is 0 Å². The minimum absolute atomic E-state index is 0.126. The van der Waals surface area contributed by atoms with Gasteiger partial charge in [0.1, 0.15) is 0 Å². The van der Waals surface area contributed by atoms with Crippen molar-refractivity contribution in [2.45, 2.75) is 66.6 Å². The molecule has 0 bridgehead atoms. The number of nitrogens with zero attached hydrogens (tertiary/aromatic N) is 2. The molecule has 0 radical (unpaired) electrons. The largest absolute Gasteiger partial charge is 0.379 e. The van der Waals surface area contributed by atoms with Crippen LogP contribution >= 0.6 is 0 Å². The summed E-state index contributed by atoms with van der Waals surface area (Å²) < 4.78 is 50.0. The van der Waals surface area contributed by atoms with Gasteiger partial charge in [-0.05, 0) is 0 Å². The van der Waals surface area contributed by atoms with Crippen molar-refractivity contribution < 1.29 is 22.3 Å². The number of hydrogen-bond acceptors (Lipinski definition) is 3. The molecule has 8 heteroatoms. The first-order chi connectivity index (χ1) is 10.6. The summed E-state index contributed by atoms with van der Waals surface area (Å²) in [5.74, 6) is 0.495. The van der Waals surface area contributed by atoms with Crippen molar-refractivity contribution >= 4 is 22.1 Å². The molecule has 3 nitrogen and oxygen atoms in total. The van der Waals surface area contributed by atoms with Crippen LogP contribution in [0.2, 0.25) is 14.8 Å². The molecule has 1 aliphatic carbocycles. The van der Waals surface area contributed by atoms with Crippen molar-refractivity contribution in [2.75, 3.05) is 0 Å². The Bertz CT molecular complexity index is 500. The number of ether oxygens (including phenoxy) is 1. The van der Waals surface area contributed by atoms with E-state index in [1.807, 2.05) is 6.92 Å². The zero-order chi connectivity index (χ0) is 17.6. The molecule has 1 aliphatic rings. The van der Waals surface area contributed by atoms with Crippen LogP contribution in [0.15, 0.2) is 0 Å².